The third-order valence-corrected chi connectivity index (χ3v) is 2.53. The summed E-state index contributed by atoms with van der Waals surface area (Å²) in [7, 11) is 1.51. The minimum Gasteiger partial charge on any atom is -0.347 e. The van der Waals surface area contributed by atoms with Crippen molar-refractivity contribution in [2.24, 2.45) is 7.05 Å². The molecule has 92 valence electrons. The van der Waals surface area contributed by atoms with Gasteiger partial charge in [0.2, 0.25) is 0 Å². The SMILES string of the molecule is C=C(Cl)CNC(=O)c1c(C)c(C)nn(C)c1=O. The monoisotopic (exact) mass is 255 g/mol. The lowest BCUT2D eigenvalue weighted by molar-refractivity contribution is 0.0954. The molecule has 0 aromatic carbocycles. The number of rotatable bonds is 3. The highest BCUT2D eigenvalue weighted by molar-refractivity contribution is 6.29. The molecule has 0 radical (unpaired) electrons. The molecule has 0 aliphatic heterocycles. The Morgan fingerprint density at radius 2 is 2.12 bits per heavy atom. The molecule has 0 spiro atoms. The fourth-order valence-corrected chi connectivity index (χ4v) is 1.45. The number of nitrogens with zero attached hydrogens (tertiary/aromatic N) is 2. The average Bonchev–Trinajstić information content (AvgIpc) is 2.24. The summed E-state index contributed by atoms with van der Waals surface area (Å²) < 4.78 is 1.15. The topological polar surface area (TPSA) is 64.0 Å². The van der Waals surface area contributed by atoms with Gasteiger partial charge in [-0.1, -0.05) is 18.2 Å². The van der Waals surface area contributed by atoms with Crippen molar-refractivity contribution in [3.8, 4) is 0 Å². The Labute approximate surface area is 104 Å². The number of carbonyl (C=O) groups is 1. The minimum absolute atomic E-state index is 0.0953. The van der Waals surface area contributed by atoms with E-state index in [1.165, 1.54) is 7.05 Å². The number of aryl methyl sites for hydroxylation is 2. The number of carbonyl (C=O) groups excluding carboxylic acids is 1. The number of halogens is 1. The van der Waals surface area contributed by atoms with E-state index < -0.39 is 11.5 Å². The Balaban J connectivity index is 3.17. The van der Waals surface area contributed by atoms with Crippen molar-refractivity contribution in [2.45, 2.75) is 13.8 Å². The molecule has 1 amide bonds. The molecular weight excluding hydrogens is 242 g/mol. The largest absolute Gasteiger partial charge is 0.347 e. The smallest absolute Gasteiger partial charge is 0.279 e. The zero-order valence-electron chi connectivity index (χ0n) is 10.0. The summed E-state index contributed by atoms with van der Waals surface area (Å²) in [6.07, 6.45) is 0. The van der Waals surface area contributed by atoms with Gasteiger partial charge in [0.25, 0.3) is 11.5 Å². The van der Waals surface area contributed by atoms with E-state index in [0.717, 1.165) is 4.68 Å². The summed E-state index contributed by atoms with van der Waals surface area (Å²) in [5, 5.41) is 6.82. The van der Waals surface area contributed by atoms with Gasteiger partial charge in [-0.2, -0.15) is 5.10 Å². The van der Waals surface area contributed by atoms with Crippen molar-refractivity contribution >= 4 is 17.5 Å². The van der Waals surface area contributed by atoms with Gasteiger partial charge in [0, 0.05) is 12.1 Å². The maximum Gasteiger partial charge on any atom is 0.279 e. The van der Waals surface area contributed by atoms with Gasteiger partial charge in [0.05, 0.1) is 12.2 Å². The molecule has 0 saturated carbocycles. The third kappa shape index (κ3) is 2.94. The second kappa shape index (κ2) is 5.14. The van der Waals surface area contributed by atoms with Gasteiger partial charge in [-0.05, 0) is 19.4 Å². The van der Waals surface area contributed by atoms with Crippen LogP contribution >= 0.6 is 11.6 Å². The summed E-state index contributed by atoms with van der Waals surface area (Å²) in [5.41, 5.74) is 0.886. The number of aromatic nitrogens is 2. The highest BCUT2D eigenvalue weighted by Gasteiger charge is 2.17. The van der Waals surface area contributed by atoms with E-state index in [1.54, 1.807) is 13.8 Å². The summed E-state index contributed by atoms with van der Waals surface area (Å²) >= 11 is 5.55. The van der Waals surface area contributed by atoms with Gasteiger partial charge >= 0.3 is 0 Å². The zero-order chi connectivity index (χ0) is 13.2. The van der Waals surface area contributed by atoms with Gasteiger partial charge < -0.3 is 5.32 Å². The van der Waals surface area contributed by atoms with Gasteiger partial charge in [-0.3, -0.25) is 9.59 Å². The van der Waals surface area contributed by atoms with E-state index in [9.17, 15) is 9.59 Å². The molecule has 1 rings (SSSR count). The number of hydrogen-bond acceptors (Lipinski definition) is 3. The lowest BCUT2D eigenvalue weighted by atomic mass is 10.1. The van der Waals surface area contributed by atoms with Crippen LogP contribution in [0.15, 0.2) is 16.4 Å². The quantitative estimate of drug-likeness (QED) is 0.872. The molecule has 1 aromatic heterocycles. The number of hydrogen-bond donors (Lipinski definition) is 1. The molecule has 0 unspecified atom stereocenters. The molecule has 0 bridgehead atoms. The molecule has 1 heterocycles. The van der Waals surface area contributed by atoms with Crippen molar-refractivity contribution in [3.63, 3.8) is 0 Å². The third-order valence-electron chi connectivity index (χ3n) is 2.39. The first-order valence-electron chi connectivity index (χ1n) is 5.00. The Bertz CT molecular complexity index is 534. The Hall–Kier alpha value is -1.62. The highest BCUT2D eigenvalue weighted by Crippen LogP contribution is 2.06. The lowest BCUT2D eigenvalue weighted by Gasteiger charge is -2.09. The normalized spacial score (nSPS) is 10.1. The minimum atomic E-state index is -0.463. The first kappa shape index (κ1) is 13.4. The first-order chi connectivity index (χ1) is 7.84. The molecule has 0 aliphatic rings. The first-order valence-corrected chi connectivity index (χ1v) is 5.38. The van der Waals surface area contributed by atoms with Gasteiger partial charge in [0.1, 0.15) is 5.56 Å². The van der Waals surface area contributed by atoms with Crippen LogP contribution < -0.4 is 10.9 Å². The van der Waals surface area contributed by atoms with E-state index in [1.807, 2.05) is 0 Å². The van der Waals surface area contributed by atoms with Crippen molar-refractivity contribution < 1.29 is 4.79 Å². The summed E-state index contributed by atoms with van der Waals surface area (Å²) in [5.74, 6) is -0.463. The van der Waals surface area contributed by atoms with Crippen LogP contribution in [0.2, 0.25) is 0 Å². The van der Waals surface area contributed by atoms with Crippen LogP contribution in [0.4, 0.5) is 0 Å². The highest BCUT2D eigenvalue weighted by atomic mass is 35.5. The fraction of sp³-hybridized carbons (Fsp3) is 0.364. The average molecular weight is 256 g/mol. The van der Waals surface area contributed by atoms with Gasteiger partial charge in [-0.25, -0.2) is 4.68 Å². The van der Waals surface area contributed by atoms with Crippen LogP contribution in [0, 0.1) is 13.8 Å². The van der Waals surface area contributed by atoms with Gasteiger partial charge in [0.15, 0.2) is 0 Å². The van der Waals surface area contributed by atoms with Crippen molar-refractivity contribution in [1.29, 1.82) is 0 Å². The fourth-order valence-electron chi connectivity index (χ4n) is 1.38. The van der Waals surface area contributed by atoms with Crippen LogP contribution in [0.1, 0.15) is 21.6 Å². The van der Waals surface area contributed by atoms with Crippen molar-refractivity contribution in [3.05, 3.63) is 38.8 Å². The molecule has 5 nitrogen and oxygen atoms in total. The maximum absolute atomic E-state index is 11.8. The molecule has 0 atom stereocenters. The van der Waals surface area contributed by atoms with Crippen LogP contribution in [0.25, 0.3) is 0 Å². The van der Waals surface area contributed by atoms with Gasteiger partial charge in [-0.15, -0.1) is 0 Å². The predicted molar refractivity (Wildman–Crippen MR) is 66.3 cm³/mol. The molecule has 1 aromatic rings. The van der Waals surface area contributed by atoms with E-state index in [2.05, 4.69) is 17.0 Å². The predicted octanol–water partition coefficient (Wildman–Crippen LogP) is 0.879. The summed E-state index contributed by atoms with van der Waals surface area (Å²) in [6, 6.07) is 0. The molecule has 0 aliphatic carbocycles. The second-order valence-electron chi connectivity index (χ2n) is 3.71. The molecule has 6 heteroatoms. The van der Waals surface area contributed by atoms with E-state index in [0.29, 0.717) is 16.3 Å². The molecule has 1 N–H and O–H groups in total. The maximum atomic E-state index is 11.8. The Morgan fingerprint density at radius 3 is 2.65 bits per heavy atom. The number of amides is 1. The van der Waals surface area contributed by atoms with Crippen LogP contribution in [0.3, 0.4) is 0 Å². The van der Waals surface area contributed by atoms with Crippen molar-refractivity contribution in [2.75, 3.05) is 6.54 Å². The molecule has 0 fully saturated rings. The van der Waals surface area contributed by atoms with Crippen molar-refractivity contribution in [1.82, 2.24) is 15.1 Å². The zero-order valence-corrected chi connectivity index (χ0v) is 10.8. The van der Waals surface area contributed by atoms with Crippen LogP contribution in [0.5, 0.6) is 0 Å². The summed E-state index contributed by atoms with van der Waals surface area (Å²) in [6.45, 7) is 7.02. The second-order valence-corrected chi connectivity index (χ2v) is 4.25. The molecule has 17 heavy (non-hydrogen) atoms. The summed E-state index contributed by atoms with van der Waals surface area (Å²) in [4.78, 5) is 23.7. The molecule has 0 saturated heterocycles. The Kier molecular flexibility index (Phi) is 4.07. The van der Waals surface area contributed by atoms with Crippen LogP contribution in [-0.2, 0) is 7.05 Å². The van der Waals surface area contributed by atoms with E-state index >= 15 is 0 Å². The van der Waals surface area contributed by atoms with Crippen LogP contribution in [-0.4, -0.2) is 22.2 Å². The standard InChI is InChI=1S/C11H14ClN3O2/c1-6(12)5-13-10(16)9-7(2)8(3)14-15(4)11(9)17/h1,5H2,2-4H3,(H,13,16). The van der Waals surface area contributed by atoms with E-state index in [-0.39, 0.29) is 12.1 Å². The molecular formula is C11H14ClN3O2. The van der Waals surface area contributed by atoms with E-state index in [4.69, 9.17) is 11.6 Å². The Morgan fingerprint density at radius 1 is 1.53 bits per heavy atom. The lowest BCUT2D eigenvalue weighted by Crippen LogP contribution is -2.35. The number of nitrogens with one attached hydrogen (secondary N) is 1.